The lowest BCUT2D eigenvalue weighted by Gasteiger charge is -2.31. The van der Waals surface area contributed by atoms with E-state index in [0.717, 1.165) is 6.54 Å². The molecule has 0 amide bonds. The van der Waals surface area contributed by atoms with Crippen LogP contribution in [0.25, 0.3) is 0 Å². The van der Waals surface area contributed by atoms with Crippen LogP contribution in [0, 0.1) is 5.92 Å². The summed E-state index contributed by atoms with van der Waals surface area (Å²) in [6, 6.07) is 3.26. The fourth-order valence-corrected chi connectivity index (χ4v) is 3.02. The molecule has 4 nitrogen and oxygen atoms in total. The number of nitrogens with zero attached hydrogens (tertiary/aromatic N) is 3. The van der Waals surface area contributed by atoms with Crippen molar-refractivity contribution >= 4 is 0 Å². The van der Waals surface area contributed by atoms with Crippen LogP contribution in [0.3, 0.4) is 0 Å². The number of rotatable bonds is 4. The molecule has 0 radical (unpaired) electrons. The van der Waals surface area contributed by atoms with Crippen LogP contribution >= 0.6 is 0 Å². The fraction of sp³-hybridized carbons (Fsp3) is 0.769. The average Bonchev–Trinajstić information content (AvgIpc) is 2.84. The van der Waals surface area contributed by atoms with Crippen molar-refractivity contribution < 1.29 is 0 Å². The van der Waals surface area contributed by atoms with Gasteiger partial charge in [-0.15, -0.1) is 0 Å². The molecule has 1 saturated heterocycles. The van der Waals surface area contributed by atoms with Crippen molar-refractivity contribution in [3.05, 3.63) is 18.0 Å². The second-order valence-electron chi connectivity index (χ2n) is 5.26. The topological polar surface area (TPSA) is 33.1 Å². The maximum absolute atomic E-state index is 4.32. The summed E-state index contributed by atoms with van der Waals surface area (Å²) >= 11 is 0. The molecule has 1 N–H and O–H groups in total. The van der Waals surface area contributed by atoms with Crippen molar-refractivity contribution in [1.82, 2.24) is 20.0 Å². The summed E-state index contributed by atoms with van der Waals surface area (Å²) in [5.74, 6) is 0.692. The molecule has 2 unspecified atom stereocenters. The Morgan fingerprint density at radius 3 is 2.82 bits per heavy atom. The van der Waals surface area contributed by atoms with Crippen molar-refractivity contribution in [3.63, 3.8) is 0 Å². The highest BCUT2D eigenvalue weighted by Crippen LogP contribution is 2.37. The van der Waals surface area contributed by atoms with E-state index in [9.17, 15) is 0 Å². The Morgan fingerprint density at radius 1 is 1.53 bits per heavy atom. The van der Waals surface area contributed by atoms with Crippen LogP contribution in [0.1, 0.15) is 32.0 Å². The number of likely N-dealkylation sites (tertiary alicyclic amines) is 1. The van der Waals surface area contributed by atoms with Gasteiger partial charge in [0.25, 0.3) is 0 Å². The van der Waals surface area contributed by atoms with Gasteiger partial charge in [-0.25, -0.2) is 0 Å². The van der Waals surface area contributed by atoms with Crippen LogP contribution < -0.4 is 5.32 Å². The maximum atomic E-state index is 4.32. The SMILES string of the molecule is CNCC1CCN(C(C)C)C1c1ccnn1C. The van der Waals surface area contributed by atoms with Gasteiger partial charge in [-0.1, -0.05) is 0 Å². The molecule has 0 saturated carbocycles. The zero-order valence-electron chi connectivity index (χ0n) is 11.3. The molecule has 0 bridgehead atoms. The first kappa shape index (κ1) is 12.6. The molecule has 4 heteroatoms. The molecule has 2 atom stereocenters. The lowest BCUT2D eigenvalue weighted by Crippen LogP contribution is -2.35. The minimum absolute atomic E-state index is 0.509. The third-order valence-corrected chi connectivity index (χ3v) is 3.85. The Balaban J connectivity index is 2.26. The van der Waals surface area contributed by atoms with Gasteiger partial charge in [-0.05, 0) is 52.4 Å². The van der Waals surface area contributed by atoms with E-state index < -0.39 is 0 Å². The van der Waals surface area contributed by atoms with E-state index >= 15 is 0 Å². The van der Waals surface area contributed by atoms with Gasteiger partial charge in [0.2, 0.25) is 0 Å². The van der Waals surface area contributed by atoms with Crippen LogP contribution in [0.5, 0.6) is 0 Å². The Hall–Kier alpha value is -0.870. The van der Waals surface area contributed by atoms with Gasteiger partial charge in [0.15, 0.2) is 0 Å². The van der Waals surface area contributed by atoms with E-state index in [2.05, 4.69) is 35.2 Å². The van der Waals surface area contributed by atoms with Gasteiger partial charge in [-0.3, -0.25) is 9.58 Å². The number of aromatic nitrogens is 2. The molecule has 1 aliphatic heterocycles. The van der Waals surface area contributed by atoms with E-state index in [0.29, 0.717) is 18.0 Å². The quantitative estimate of drug-likeness (QED) is 0.858. The number of hydrogen-bond donors (Lipinski definition) is 1. The third kappa shape index (κ3) is 2.38. The summed E-state index contributed by atoms with van der Waals surface area (Å²) in [6.07, 6.45) is 3.18. The van der Waals surface area contributed by atoms with Gasteiger partial charge in [-0.2, -0.15) is 5.10 Å². The van der Waals surface area contributed by atoms with Crippen molar-refractivity contribution in [2.24, 2.45) is 13.0 Å². The highest BCUT2D eigenvalue weighted by atomic mass is 15.3. The Bertz CT molecular complexity index is 358. The molecule has 2 heterocycles. The third-order valence-electron chi connectivity index (χ3n) is 3.85. The van der Waals surface area contributed by atoms with Gasteiger partial charge < -0.3 is 5.32 Å². The monoisotopic (exact) mass is 236 g/mol. The molecule has 1 aromatic rings. The average molecular weight is 236 g/mol. The number of hydrogen-bond acceptors (Lipinski definition) is 3. The predicted octanol–water partition coefficient (Wildman–Crippen LogP) is 1.41. The van der Waals surface area contributed by atoms with Crippen molar-refractivity contribution in [1.29, 1.82) is 0 Å². The maximum Gasteiger partial charge on any atom is 0.0560 e. The number of nitrogens with one attached hydrogen (secondary N) is 1. The second kappa shape index (κ2) is 5.19. The van der Waals surface area contributed by atoms with Crippen LogP contribution in [0.2, 0.25) is 0 Å². The minimum Gasteiger partial charge on any atom is -0.319 e. The molecule has 17 heavy (non-hydrogen) atoms. The summed E-state index contributed by atoms with van der Waals surface area (Å²) in [6.45, 7) is 6.84. The molecule has 0 aliphatic carbocycles. The van der Waals surface area contributed by atoms with Crippen molar-refractivity contribution in [2.45, 2.75) is 32.4 Å². The summed E-state index contributed by atoms with van der Waals surface area (Å²) in [5.41, 5.74) is 1.34. The Kier molecular flexibility index (Phi) is 3.84. The summed E-state index contributed by atoms with van der Waals surface area (Å²) in [7, 11) is 4.08. The largest absolute Gasteiger partial charge is 0.319 e. The minimum atomic E-state index is 0.509. The summed E-state index contributed by atoms with van der Waals surface area (Å²) < 4.78 is 2.02. The Morgan fingerprint density at radius 2 is 2.29 bits per heavy atom. The fourth-order valence-electron chi connectivity index (χ4n) is 3.02. The molecule has 2 rings (SSSR count). The van der Waals surface area contributed by atoms with E-state index in [4.69, 9.17) is 0 Å². The molecule has 1 fully saturated rings. The lowest BCUT2D eigenvalue weighted by molar-refractivity contribution is 0.175. The van der Waals surface area contributed by atoms with Crippen LogP contribution in [-0.4, -0.2) is 40.9 Å². The van der Waals surface area contributed by atoms with E-state index in [1.54, 1.807) is 0 Å². The van der Waals surface area contributed by atoms with Gasteiger partial charge >= 0.3 is 0 Å². The Labute approximate surface area is 104 Å². The highest BCUT2D eigenvalue weighted by Gasteiger charge is 2.37. The van der Waals surface area contributed by atoms with Gasteiger partial charge in [0, 0.05) is 19.3 Å². The first-order valence-corrected chi connectivity index (χ1v) is 6.53. The van der Waals surface area contributed by atoms with Crippen LogP contribution in [-0.2, 0) is 7.05 Å². The lowest BCUT2D eigenvalue weighted by atomic mass is 9.97. The molecule has 96 valence electrons. The highest BCUT2D eigenvalue weighted by molar-refractivity contribution is 5.11. The van der Waals surface area contributed by atoms with Crippen molar-refractivity contribution in [3.8, 4) is 0 Å². The predicted molar refractivity (Wildman–Crippen MR) is 69.8 cm³/mol. The normalized spacial score (nSPS) is 25.9. The van der Waals surface area contributed by atoms with Gasteiger partial charge in [0.1, 0.15) is 0 Å². The molecule has 0 spiro atoms. The zero-order chi connectivity index (χ0) is 12.4. The van der Waals surface area contributed by atoms with Crippen LogP contribution in [0.15, 0.2) is 12.3 Å². The molecular weight excluding hydrogens is 212 g/mol. The molecule has 0 aromatic carbocycles. The van der Waals surface area contributed by atoms with Gasteiger partial charge in [0.05, 0.1) is 11.7 Å². The standard InChI is InChI=1S/C13H24N4/c1-10(2)17-8-6-11(9-14-3)13(17)12-5-7-15-16(12)4/h5,7,10-11,13-14H,6,8-9H2,1-4H3. The first-order chi connectivity index (χ1) is 8.15. The number of aryl methyl sites for hydroxylation is 1. The summed E-state index contributed by atoms with van der Waals surface area (Å²) in [4.78, 5) is 2.60. The zero-order valence-corrected chi connectivity index (χ0v) is 11.3. The summed E-state index contributed by atoms with van der Waals surface area (Å²) in [5, 5.41) is 7.64. The smallest absolute Gasteiger partial charge is 0.0560 e. The van der Waals surface area contributed by atoms with E-state index in [1.165, 1.54) is 18.7 Å². The molecule has 1 aromatic heterocycles. The molecular formula is C13H24N4. The molecule has 1 aliphatic rings. The second-order valence-corrected chi connectivity index (χ2v) is 5.26. The van der Waals surface area contributed by atoms with E-state index in [1.807, 2.05) is 25.0 Å². The first-order valence-electron chi connectivity index (χ1n) is 6.53. The van der Waals surface area contributed by atoms with E-state index in [-0.39, 0.29) is 0 Å². The van der Waals surface area contributed by atoms with Crippen molar-refractivity contribution in [2.75, 3.05) is 20.1 Å². The van der Waals surface area contributed by atoms with Crippen LogP contribution in [0.4, 0.5) is 0 Å².